The molecule has 102 valence electrons. The molecule has 1 rings (SSSR count). The van der Waals surface area contributed by atoms with Crippen molar-refractivity contribution in [3.8, 4) is 0 Å². The number of unbranched alkanes of at least 4 members (excludes halogenated alkanes) is 1. The summed E-state index contributed by atoms with van der Waals surface area (Å²) in [5.41, 5.74) is 0.705. The largest absolute Gasteiger partial charge is 0.311 e. The third kappa shape index (κ3) is 4.95. The Morgan fingerprint density at radius 2 is 2.06 bits per heavy atom. The summed E-state index contributed by atoms with van der Waals surface area (Å²) in [6.07, 6.45) is 4.09. The molecule has 0 saturated carbocycles. The first-order chi connectivity index (χ1) is 8.54. The van der Waals surface area contributed by atoms with Crippen molar-refractivity contribution in [3.63, 3.8) is 0 Å². The van der Waals surface area contributed by atoms with E-state index in [0.29, 0.717) is 24.1 Å². The molecule has 0 aliphatic carbocycles. The molecule has 0 heterocycles. The molecule has 0 bridgehead atoms. The van der Waals surface area contributed by atoms with E-state index in [0.717, 1.165) is 19.3 Å². The van der Waals surface area contributed by atoms with Crippen molar-refractivity contribution < 1.29 is 4.39 Å². The van der Waals surface area contributed by atoms with Crippen LogP contribution in [0.3, 0.4) is 0 Å². The highest BCUT2D eigenvalue weighted by atomic mass is 35.5. The molecule has 1 atom stereocenters. The van der Waals surface area contributed by atoms with E-state index in [1.807, 2.05) is 12.1 Å². The van der Waals surface area contributed by atoms with Gasteiger partial charge in [-0.1, -0.05) is 57.3 Å². The number of rotatable bonds is 7. The van der Waals surface area contributed by atoms with Crippen LogP contribution in [0.25, 0.3) is 0 Å². The molecule has 0 radical (unpaired) electrons. The van der Waals surface area contributed by atoms with Gasteiger partial charge in [0.2, 0.25) is 0 Å². The van der Waals surface area contributed by atoms with Crippen LogP contribution in [0.2, 0.25) is 5.02 Å². The van der Waals surface area contributed by atoms with Gasteiger partial charge in [-0.2, -0.15) is 0 Å². The van der Waals surface area contributed by atoms with Crippen LogP contribution < -0.4 is 5.32 Å². The fraction of sp³-hybridized carbons (Fsp3) is 0.600. The number of halogens is 2. The first-order valence-corrected chi connectivity index (χ1v) is 7.11. The van der Waals surface area contributed by atoms with Gasteiger partial charge in [0.25, 0.3) is 0 Å². The van der Waals surface area contributed by atoms with Crippen LogP contribution in [0.4, 0.5) is 4.39 Å². The zero-order chi connectivity index (χ0) is 13.5. The van der Waals surface area contributed by atoms with Gasteiger partial charge in [0.05, 0.1) is 5.02 Å². The van der Waals surface area contributed by atoms with E-state index in [-0.39, 0.29) is 10.8 Å². The standard InChI is InChI=1S/C15H23ClFN/c1-4-5-8-13(18-11(2)3)10-12-7-6-9-14(16)15(12)17/h6-7,9,11,13,18H,4-5,8,10H2,1-3H3. The maximum atomic E-state index is 13.9. The zero-order valence-electron chi connectivity index (χ0n) is 11.5. The molecule has 0 aromatic heterocycles. The molecular formula is C15H23ClFN. The van der Waals surface area contributed by atoms with Gasteiger partial charge in [0, 0.05) is 12.1 Å². The van der Waals surface area contributed by atoms with Gasteiger partial charge in [-0.25, -0.2) is 4.39 Å². The Balaban J connectivity index is 2.72. The van der Waals surface area contributed by atoms with Crippen LogP contribution in [-0.4, -0.2) is 12.1 Å². The van der Waals surface area contributed by atoms with Crippen LogP contribution in [0.1, 0.15) is 45.6 Å². The summed E-state index contributed by atoms with van der Waals surface area (Å²) < 4.78 is 13.9. The minimum Gasteiger partial charge on any atom is -0.311 e. The fourth-order valence-corrected chi connectivity index (χ4v) is 2.33. The summed E-state index contributed by atoms with van der Waals surface area (Å²) in [6.45, 7) is 6.41. The molecular weight excluding hydrogens is 249 g/mol. The Morgan fingerprint density at radius 1 is 1.33 bits per heavy atom. The monoisotopic (exact) mass is 271 g/mol. The van der Waals surface area contributed by atoms with Crippen molar-refractivity contribution in [2.75, 3.05) is 0 Å². The molecule has 1 N–H and O–H groups in total. The van der Waals surface area contributed by atoms with Gasteiger partial charge in [-0.3, -0.25) is 0 Å². The third-order valence-corrected chi connectivity index (χ3v) is 3.26. The predicted octanol–water partition coefficient (Wildman–Crippen LogP) is 4.58. The lowest BCUT2D eigenvalue weighted by Gasteiger charge is -2.21. The molecule has 0 spiro atoms. The summed E-state index contributed by atoms with van der Waals surface area (Å²) in [4.78, 5) is 0. The maximum absolute atomic E-state index is 13.9. The smallest absolute Gasteiger partial charge is 0.145 e. The molecule has 0 aliphatic heterocycles. The Kier molecular flexibility index (Phi) is 6.66. The first-order valence-electron chi connectivity index (χ1n) is 6.73. The van der Waals surface area contributed by atoms with Crippen LogP contribution >= 0.6 is 11.6 Å². The van der Waals surface area contributed by atoms with Gasteiger partial charge < -0.3 is 5.32 Å². The minimum absolute atomic E-state index is 0.214. The Morgan fingerprint density at radius 3 is 2.67 bits per heavy atom. The maximum Gasteiger partial charge on any atom is 0.145 e. The lowest BCUT2D eigenvalue weighted by molar-refractivity contribution is 0.419. The van der Waals surface area contributed by atoms with E-state index in [1.54, 1.807) is 6.07 Å². The van der Waals surface area contributed by atoms with Crippen LogP contribution in [0, 0.1) is 5.82 Å². The molecule has 1 aromatic rings. The highest BCUT2D eigenvalue weighted by Crippen LogP contribution is 2.20. The summed E-state index contributed by atoms with van der Waals surface area (Å²) >= 11 is 5.81. The molecule has 1 nitrogen and oxygen atoms in total. The molecule has 0 saturated heterocycles. The average Bonchev–Trinajstić information content (AvgIpc) is 2.31. The summed E-state index contributed by atoms with van der Waals surface area (Å²) in [5.74, 6) is -0.272. The highest BCUT2D eigenvalue weighted by molar-refractivity contribution is 6.30. The highest BCUT2D eigenvalue weighted by Gasteiger charge is 2.14. The number of hydrogen-bond donors (Lipinski definition) is 1. The van der Waals surface area contributed by atoms with E-state index in [9.17, 15) is 4.39 Å². The second-order valence-electron chi connectivity index (χ2n) is 5.08. The van der Waals surface area contributed by atoms with Crippen molar-refractivity contribution >= 4 is 11.6 Å². The molecule has 1 unspecified atom stereocenters. The van der Waals surface area contributed by atoms with Crippen LogP contribution in [0.5, 0.6) is 0 Å². The van der Waals surface area contributed by atoms with Crippen LogP contribution in [0.15, 0.2) is 18.2 Å². The second kappa shape index (κ2) is 7.75. The normalized spacial score (nSPS) is 13.0. The molecule has 0 aliphatic rings. The van der Waals surface area contributed by atoms with E-state index in [1.165, 1.54) is 0 Å². The molecule has 18 heavy (non-hydrogen) atoms. The van der Waals surface area contributed by atoms with Crippen molar-refractivity contribution in [1.82, 2.24) is 5.32 Å². The molecule has 3 heteroatoms. The van der Waals surface area contributed by atoms with Crippen molar-refractivity contribution in [2.45, 2.75) is 58.5 Å². The Bertz CT molecular complexity index is 366. The minimum atomic E-state index is -0.272. The van der Waals surface area contributed by atoms with Gasteiger partial charge in [-0.15, -0.1) is 0 Å². The topological polar surface area (TPSA) is 12.0 Å². The van der Waals surface area contributed by atoms with Crippen molar-refractivity contribution in [2.24, 2.45) is 0 Å². The van der Waals surface area contributed by atoms with E-state index >= 15 is 0 Å². The first kappa shape index (κ1) is 15.5. The number of hydrogen-bond acceptors (Lipinski definition) is 1. The van der Waals surface area contributed by atoms with Crippen molar-refractivity contribution in [3.05, 3.63) is 34.6 Å². The SMILES string of the molecule is CCCCC(Cc1cccc(Cl)c1F)NC(C)C. The van der Waals surface area contributed by atoms with Gasteiger partial charge in [-0.05, 0) is 24.5 Å². The third-order valence-electron chi connectivity index (χ3n) is 2.97. The molecule has 0 amide bonds. The summed E-state index contributed by atoms with van der Waals surface area (Å²) in [7, 11) is 0. The second-order valence-corrected chi connectivity index (χ2v) is 5.48. The van der Waals surface area contributed by atoms with Crippen molar-refractivity contribution in [1.29, 1.82) is 0 Å². The lowest BCUT2D eigenvalue weighted by Crippen LogP contribution is -2.36. The van der Waals surface area contributed by atoms with Gasteiger partial charge in [0.1, 0.15) is 5.82 Å². The fourth-order valence-electron chi connectivity index (χ4n) is 2.14. The van der Waals surface area contributed by atoms with Gasteiger partial charge >= 0.3 is 0 Å². The van der Waals surface area contributed by atoms with E-state index < -0.39 is 0 Å². The predicted molar refractivity (Wildman–Crippen MR) is 76.7 cm³/mol. The quantitative estimate of drug-likeness (QED) is 0.765. The van der Waals surface area contributed by atoms with E-state index in [4.69, 9.17) is 11.6 Å². The zero-order valence-corrected chi connectivity index (χ0v) is 12.2. The molecule has 1 aromatic carbocycles. The lowest BCUT2D eigenvalue weighted by atomic mass is 10.00. The number of benzene rings is 1. The van der Waals surface area contributed by atoms with Crippen LogP contribution in [-0.2, 0) is 6.42 Å². The average molecular weight is 272 g/mol. The Hall–Kier alpha value is -0.600. The van der Waals surface area contributed by atoms with Gasteiger partial charge in [0.15, 0.2) is 0 Å². The summed E-state index contributed by atoms with van der Waals surface area (Å²) in [6, 6.07) is 5.96. The summed E-state index contributed by atoms with van der Waals surface area (Å²) in [5, 5.41) is 3.71. The number of nitrogens with one attached hydrogen (secondary N) is 1. The Labute approximate surface area is 115 Å². The van der Waals surface area contributed by atoms with E-state index in [2.05, 4.69) is 26.1 Å². The molecule has 0 fully saturated rings.